The van der Waals surface area contributed by atoms with Crippen LogP contribution < -0.4 is 4.74 Å². The molecule has 0 aliphatic carbocycles. The van der Waals surface area contributed by atoms with Gasteiger partial charge in [0.1, 0.15) is 12.0 Å². The topological polar surface area (TPSA) is 44.1 Å². The molecule has 1 aromatic heterocycles. The zero-order valence-corrected chi connectivity index (χ0v) is 11.0. The number of halogens is 3. The van der Waals surface area contributed by atoms with Crippen LogP contribution in [0.15, 0.2) is 48.7 Å². The van der Waals surface area contributed by atoms with Gasteiger partial charge in [0.2, 0.25) is 0 Å². The fraction of sp³-hybridized carbons (Fsp3) is 0.0667. The van der Waals surface area contributed by atoms with E-state index in [1.165, 1.54) is 28.9 Å². The number of ether oxygens (including phenoxy) is 1. The largest absolute Gasteiger partial charge is 0.573 e. The second kappa shape index (κ2) is 5.18. The summed E-state index contributed by atoms with van der Waals surface area (Å²) in [5.74, 6) is -0.295. The van der Waals surface area contributed by atoms with Gasteiger partial charge in [-0.25, -0.2) is 4.68 Å². The van der Waals surface area contributed by atoms with Crippen LogP contribution in [-0.4, -0.2) is 22.4 Å². The summed E-state index contributed by atoms with van der Waals surface area (Å²) >= 11 is 0. The highest BCUT2D eigenvalue weighted by atomic mass is 19.4. The number of carbonyl (C=O) groups excluding carboxylic acids is 1. The van der Waals surface area contributed by atoms with Gasteiger partial charge in [0.25, 0.3) is 0 Å². The van der Waals surface area contributed by atoms with Crippen LogP contribution in [0.4, 0.5) is 13.2 Å². The molecule has 22 heavy (non-hydrogen) atoms. The van der Waals surface area contributed by atoms with E-state index in [0.29, 0.717) is 16.8 Å². The molecule has 0 aliphatic rings. The standard InChI is InChI=1S/C15H9F3N2O2/c16-15(17,18)22-13-5-3-12(4-6-13)20-8-11-2-1-10(9-21)7-14(11)19-20/h1-9H. The van der Waals surface area contributed by atoms with Gasteiger partial charge in [0, 0.05) is 17.1 Å². The highest BCUT2D eigenvalue weighted by Gasteiger charge is 2.30. The van der Waals surface area contributed by atoms with Crippen LogP contribution in [0.25, 0.3) is 16.6 Å². The molecule has 4 nitrogen and oxygen atoms in total. The zero-order chi connectivity index (χ0) is 15.7. The first-order chi connectivity index (χ1) is 10.4. The van der Waals surface area contributed by atoms with Crippen molar-refractivity contribution in [3.63, 3.8) is 0 Å². The molecule has 1 heterocycles. The van der Waals surface area contributed by atoms with Crippen LogP contribution in [0.3, 0.4) is 0 Å². The number of alkyl halides is 3. The lowest BCUT2D eigenvalue weighted by molar-refractivity contribution is -0.274. The van der Waals surface area contributed by atoms with E-state index < -0.39 is 6.36 Å². The van der Waals surface area contributed by atoms with Gasteiger partial charge < -0.3 is 4.74 Å². The average Bonchev–Trinajstić information content (AvgIpc) is 2.89. The molecule has 0 spiro atoms. The van der Waals surface area contributed by atoms with Gasteiger partial charge in [-0.15, -0.1) is 13.2 Å². The van der Waals surface area contributed by atoms with Crippen molar-refractivity contribution in [2.45, 2.75) is 6.36 Å². The molecule has 0 aliphatic heterocycles. The highest BCUT2D eigenvalue weighted by molar-refractivity contribution is 5.86. The fourth-order valence-corrected chi connectivity index (χ4v) is 2.04. The Morgan fingerprint density at radius 1 is 1.09 bits per heavy atom. The van der Waals surface area contributed by atoms with E-state index in [2.05, 4.69) is 9.84 Å². The van der Waals surface area contributed by atoms with Gasteiger partial charge >= 0.3 is 6.36 Å². The predicted molar refractivity (Wildman–Crippen MR) is 73.1 cm³/mol. The minimum Gasteiger partial charge on any atom is -0.406 e. The molecule has 3 rings (SSSR count). The zero-order valence-electron chi connectivity index (χ0n) is 11.0. The van der Waals surface area contributed by atoms with Crippen LogP contribution >= 0.6 is 0 Å². The third kappa shape index (κ3) is 2.93. The van der Waals surface area contributed by atoms with E-state index in [0.717, 1.165) is 11.7 Å². The van der Waals surface area contributed by atoms with E-state index in [4.69, 9.17) is 0 Å². The molecule has 0 atom stereocenters. The molecule has 0 amide bonds. The number of benzene rings is 2. The maximum atomic E-state index is 12.1. The lowest BCUT2D eigenvalue weighted by Crippen LogP contribution is -2.17. The number of hydrogen-bond acceptors (Lipinski definition) is 3. The molecule has 0 radical (unpaired) electrons. The highest BCUT2D eigenvalue weighted by Crippen LogP contribution is 2.24. The van der Waals surface area contributed by atoms with Crippen LogP contribution in [0.1, 0.15) is 10.4 Å². The summed E-state index contributed by atoms with van der Waals surface area (Å²) < 4.78 is 41.7. The molecule has 0 bridgehead atoms. The van der Waals surface area contributed by atoms with Gasteiger partial charge in [-0.05, 0) is 30.3 Å². The van der Waals surface area contributed by atoms with Gasteiger partial charge in [0.15, 0.2) is 0 Å². The minimum absolute atomic E-state index is 0.295. The van der Waals surface area contributed by atoms with Crippen molar-refractivity contribution < 1.29 is 22.7 Å². The first kappa shape index (κ1) is 14.1. The third-order valence-corrected chi connectivity index (χ3v) is 3.00. The van der Waals surface area contributed by atoms with Gasteiger partial charge in [-0.2, -0.15) is 5.10 Å². The molecule has 0 unspecified atom stereocenters. The van der Waals surface area contributed by atoms with Gasteiger partial charge in [-0.3, -0.25) is 4.79 Å². The Balaban J connectivity index is 1.92. The minimum atomic E-state index is -4.72. The molecule has 0 fully saturated rings. The molecule has 0 saturated carbocycles. The first-order valence-corrected chi connectivity index (χ1v) is 6.25. The number of rotatable bonds is 3. The monoisotopic (exact) mass is 306 g/mol. The summed E-state index contributed by atoms with van der Waals surface area (Å²) in [6, 6.07) is 10.4. The predicted octanol–water partition coefficient (Wildman–Crippen LogP) is 3.74. The summed E-state index contributed by atoms with van der Waals surface area (Å²) in [5.41, 5.74) is 1.71. The van der Waals surface area contributed by atoms with Crippen LogP contribution in [0.2, 0.25) is 0 Å². The van der Waals surface area contributed by atoms with E-state index in [1.807, 2.05) is 0 Å². The maximum absolute atomic E-state index is 12.1. The Bertz CT molecular complexity index is 823. The molecular formula is C15H9F3N2O2. The fourth-order valence-electron chi connectivity index (χ4n) is 2.04. The van der Waals surface area contributed by atoms with E-state index in [1.54, 1.807) is 24.4 Å². The lowest BCUT2D eigenvalue weighted by Gasteiger charge is -2.09. The number of fused-ring (bicyclic) bond motifs is 1. The van der Waals surface area contributed by atoms with Gasteiger partial charge in [0.05, 0.1) is 11.2 Å². The van der Waals surface area contributed by atoms with E-state index >= 15 is 0 Å². The van der Waals surface area contributed by atoms with Crippen molar-refractivity contribution in [3.05, 3.63) is 54.2 Å². The molecule has 0 saturated heterocycles. The molecule has 2 aromatic carbocycles. The smallest absolute Gasteiger partial charge is 0.406 e. The summed E-state index contributed by atoms with van der Waals surface area (Å²) in [7, 11) is 0. The SMILES string of the molecule is O=Cc1ccc2cn(-c3ccc(OC(F)(F)F)cc3)nc2c1. The molecule has 3 aromatic rings. The Hall–Kier alpha value is -2.83. The van der Waals surface area contributed by atoms with E-state index in [9.17, 15) is 18.0 Å². The van der Waals surface area contributed by atoms with Crippen LogP contribution in [0.5, 0.6) is 5.75 Å². The first-order valence-electron chi connectivity index (χ1n) is 6.25. The Kier molecular flexibility index (Phi) is 3.32. The average molecular weight is 306 g/mol. The van der Waals surface area contributed by atoms with Crippen molar-refractivity contribution in [1.29, 1.82) is 0 Å². The van der Waals surface area contributed by atoms with Crippen molar-refractivity contribution >= 4 is 17.2 Å². The van der Waals surface area contributed by atoms with Crippen molar-refractivity contribution in [1.82, 2.24) is 9.78 Å². The molecule has 112 valence electrons. The lowest BCUT2D eigenvalue weighted by atomic mass is 10.2. The Morgan fingerprint density at radius 3 is 2.45 bits per heavy atom. The molecule has 0 N–H and O–H groups in total. The third-order valence-electron chi connectivity index (χ3n) is 3.00. The van der Waals surface area contributed by atoms with Crippen LogP contribution in [0, 0.1) is 0 Å². The van der Waals surface area contributed by atoms with E-state index in [-0.39, 0.29) is 5.75 Å². The van der Waals surface area contributed by atoms with Crippen LogP contribution in [-0.2, 0) is 0 Å². The number of hydrogen-bond donors (Lipinski definition) is 0. The number of aromatic nitrogens is 2. The summed E-state index contributed by atoms with van der Waals surface area (Å²) in [5, 5.41) is 5.11. The van der Waals surface area contributed by atoms with Crippen molar-refractivity contribution in [2.24, 2.45) is 0 Å². The second-order valence-electron chi connectivity index (χ2n) is 4.55. The second-order valence-corrected chi connectivity index (χ2v) is 4.55. The maximum Gasteiger partial charge on any atom is 0.573 e. The summed E-state index contributed by atoms with van der Waals surface area (Å²) in [4.78, 5) is 10.7. The summed E-state index contributed by atoms with van der Waals surface area (Å²) in [6.45, 7) is 0. The number of nitrogens with zero attached hydrogens (tertiary/aromatic N) is 2. The normalized spacial score (nSPS) is 11.6. The van der Waals surface area contributed by atoms with Crippen molar-refractivity contribution in [3.8, 4) is 11.4 Å². The Morgan fingerprint density at radius 2 is 1.82 bits per heavy atom. The van der Waals surface area contributed by atoms with Gasteiger partial charge in [-0.1, -0.05) is 12.1 Å². The summed E-state index contributed by atoms with van der Waals surface area (Å²) in [6.07, 6.45) is -2.27. The molecular weight excluding hydrogens is 297 g/mol. The number of carbonyl (C=O) groups is 1. The van der Waals surface area contributed by atoms with Crippen molar-refractivity contribution in [2.75, 3.05) is 0 Å². The quantitative estimate of drug-likeness (QED) is 0.692. The molecule has 7 heteroatoms. The Labute approximate surface area is 122 Å². The number of aldehydes is 1.